The number of benzene rings is 3. The lowest BCUT2D eigenvalue weighted by molar-refractivity contribution is -0.132. The number of carbonyl (C=O) groups is 2. The SMILES string of the molecule is CCOc1ccc(C2/C(=C(\O)c3c(OC)cccc3OC)C(=O)C(=O)N2c2ccc(C)cc2)cc1. The molecule has 1 heterocycles. The number of ether oxygens (including phenoxy) is 3. The van der Waals surface area contributed by atoms with E-state index in [0.717, 1.165) is 5.56 Å². The minimum absolute atomic E-state index is 0.0532. The molecule has 0 bridgehead atoms. The number of nitrogens with zero attached hydrogens (tertiary/aromatic N) is 1. The minimum Gasteiger partial charge on any atom is -0.506 e. The zero-order valence-electron chi connectivity index (χ0n) is 20.1. The van der Waals surface area contributed by atoms with Crippen LogP contribution in [0.15, 0.2) is 72.3 Å². The van der Waals surface area contributed by atoms with Crippen LogP contribution in [0.1, 0.15) is 29.7 Å². The molecule has 0 saturated carbocycles. The van der Waals surface area contributed by atoms with Crippen LogP contribution in [0, 0.1) is 6.92 Å². The van der Waals surface area contributed by atoms with E-state index >= 15 is 0 Å². The summed E-state index contributed by atoms with van der Waals surface area (Å²) in [6, 6.07) is 18.6. The molecule has 0 aliphatic carbocycles. The van der Waals surface area contributed by atoms with Crippen molar-refractivity contribution in [2.45, 2.75) is 19.9 Å². The minimum atomic E-state index is -0.872. The van der Waals surface area contributed by atoms with Gasteiger partial charge < -0.3 is 19.3 Å². The van der Waals surface area contributed by atoms with Crippen molar-refractivity contribution >= 4 is 23.1 Å². The van der Waals surface area contributed by atoms with Crippen molar-refractivity contribution in [3.8, 4) is 17.2 Å². The molecule has 1 N–H and O–H groups in total. The van der Waals surface area contributed by atoms with Gasteiger partial charge in [0.1, 0.15) is 28.6 Å². The molecule has 7 heteroatoms. The summed E-state index contributed by atoms with van der Waals surface area (Å²) in [7, 11) is 2.92. The topological polar surface area (TPSA) is 85.3 Å². The molecule has 3 aromatic rings. The molecule has 0 spiro atoms. The van der Waals surface area contributed by atoms with E-state index in [1.165, 1.54) is 19.1 Å². The summed E-state index contributed by atoms with van der Waals surface area (Å²) in [5.41, 5.74) is 2.35. The van der Waals surface area contributed by atoms with Crippen molar-refractivity contribution in [1.29, 1.82) is 0 Å². The third kappa shape index (κ3) is 4.33. The van der Waals surface area contributed by atoms with E-state index in [2.05, 4.69) is 0 Å². The molecule has 180 valence electrons. The maximum atomic E-state index is 13.4. The van der Waals surface area contributed by atoms with Crippen LogP contribution in [-0.2, 0) is 9.59 Å². The van der Waals surface area contributed by atoms with Crippen LogP contribution in [0.2, 0.25) is 0 Å². The van der Waals surface area contributed by atoms with Crippen molar-refractivity contribution in [2.75, 3.05) is 25.7 Å². The fraction of sp³-hybridized carbons (Fsp3) is 0.214. The molecule has 4 rings (SSSR count). The second-order valence-electron chi connectivity index (χ2n) is 8.04. The van der Waals surface area contributed by atoms with E-state index in [4.69, 9.17) is 14.2 Å². The highest BCUT2D eigenvalue weighted by Crippen LogP contribution is 2.45. The Morgan fingerprint density at radius 2 is 1.51 bits per heavy atom. The summed E-state index contributed by atoms with van der Waals surface area (Å²) in [5, 5.41) is 11.5. The Bertz CT molecular complexity index is 1260. The second kappa shape index (κ2) is 9.93. The molecule has 1 saturated heterocycles. The maximum absolute atomic E-state index is 13.4. The number of aryl methyl sites for hydroxylation is 1. The van der Waals surface area contributed by atoms with Gasteiger partial charge >= 0.3 is 0 Å². The number of ketones is 1. The highest BCUT2D eigenvalue weighted by Gasteiger charge is 2.47. The summed E-state index contributed by atoms with van der Waals surface area (Å²) < 4.78 is 16.4. The predicted octanol–water partition coefficient (Wildman–Crippen LogP) is 5.04. The molecule has 3 aromatic carbocycles. The second-order valence-corrected chi connectivity index (χ2v) is 8.04. The summed E-state index contributed by atoms with van der Waals surface area (Å²) in [6.45, 7) is 4.34. The zero-order valence-corrected chi connectivity index (χ0v) is 20.1. The smallest absolute Gasteiger partial charge is 0.300 e. The predicted molar refractivity (Wildman–Crippen MR) is 133 cm³/mol. The first-order chi connectivity index (χ1) is 16.9. The average Bonchev–Trinajstić information content (AvgIpc) is 3.14. The lowest BCUT2D eigenvalue weighted by Crippen LogP contribution is -2.29. The first kappa shape index (κ1) is 23.9. The summed E-state index contributed by atoms with van der Waals surface area (Å²) in [5.74, 6) is -0.609. The molecular weight excluding hydrogens is 446 g/mol. The number of aliphatic hydroxyl groups excluding tert-OH is 1. The number of methoxy groups -OCH3 is 2. The standard InChI is InChI=1S/C28H27NO6/c1-5-35-20-15-11-18(12-16-20)25-24(26(30)23-21(33-3)7-6-8-22(23)34-4)27(31)28(32)29(25)19-13-9-17(2)10-14-19/h6-16,25,30H,5H2,1-4H3/b26-24+. The number of hydrogen-bond acceptors (Lipinski definition) is 6. The fourth-order valence-corrected chi connectivity index (χ4v) is 4.25. The molecule has 1 aliphatic heterocycles. The monoisotopic (exact) mass is 473 g/mol. The lowest BCUT2D eigenvalue weighted by Gasteiger charge is -2.26. The van der Waals surface area contributed by atoms with Crippen molar-refractivity contribution in [3.63, 3.8) is 0 Å². The van der Waals surface area contributed by atoms with Crippen LogP contribution >= 0.6 is 0 Å². The van der Waals surface area contributed by atoms with Gasteiger partial charge in [0.05, 0.1) is 32.4 Å². The third-order valence-electron chi connectivity index (χ3n) is 5.93. The number of anilines is 1. The molecule has 1 amide bonds. The van der Waals surface area contributed by atoms with Gasteiger partial charge in [-0.25, -0.2) is 0 Å². The molecule has 1 atom stereocenters. The summed E-state index contributed by atoms with van der Waals surface area (Å²) in [6.07, 6.45) is 0. The Morgan fingerprint density at radius 1 is 0.914 bits per heavy atom. The third-order valence-corrected chi connectivity index (χ3v) is 5.93. The van der Waals surface area contributed by atoms with Crippen molar-refractivity contribution in [3.05, 3.63) is 89.0 Å². The van der Waals surface area contributed by atoms with Crippen LogP contribution in [-0.4, -0.2) is 37.6 Å². The van der Waals surface area contributed by atoms with Gasteiger partial charge in [-0.15, -0.1) is 0 Å². The van der Waals surface area contributed by atoms with Crippen LogP contribution in [0.25, 0.3) is 5.76 Å². The average molecular weight is 474 g/mol. The van der Waals surface area contributed by atoms with Crippen molar-refractivity contribution in [1.82, 2.24) is 0 Å². The Balaban J connectivity index is 1.97. The Kier molecular flexibility index (Phi) is 6.78. The van der Waals surface area contributed by atoms with Gasteiger partial charge in [-0.3, -0.25) is 14.5 Å². The number of amides is 1. The van der Waals surface area contributed by atoms with Crippen molar-refractivity contribution < 1.29 is 28.9 Å². The molecule has 1 aliphatic rings. The summed E-state index contributed by atoms with van der Waals surface area (Å²) in [4.78, 5) is 28.2. The normalized spacial score (nSPS) is 16.9. The highest BCUT2D eigenvalue weighted by molar-refractivity contribution is 6.51. The number of carbonyl (C=O) groups excluding carboxylic acids is 2. The fourth-order valence-electron chi connectivity index (χ4n) is 4.25. The molecule has 35 heavy (non-hydrogen) atoms. The van der Waals surface area contributed by atoms with E-state index in [1.54, 1.807) is 54.6 Å². The van der Waals surface area contributed by atoms with Gasteiger partial charge in [0.15, 0.2) is 0 Å². The Labute approximate surface area is 204 Å². The van der Waals surface area contributed by atoms with Crippen LogP contribution < -0.4 is 19.1 Å². The lowest BCUT2D eigenvalue weighted by atomic mass is 9.94. The molecule has 1 unspecified atom stereocenters. The van der Waals surface area contributed by atoms with Gasteiger partial charge in [0, 0.05) is 5.69 Å². The zero-order chi connectivity index (χ0) is 25.1. The first-order valence-electron chi connectivity index (χ1n) is 11.2. The van der Waals surface area contributed by atoms with E-state index < -0.39 is 17.7 Å². The Morgan fingerprint density at radius 3 is 2.06 bits per heavy atom. The first-order valence-corrected chi connectivity index (χ1v) is 11.2. The number of hydrogen-bond donors (Lipinski definition) is 1. The highest BCUT2D eigenvalue weighted by atomic mass is 16.5. The van der Waals surface area contributed by atoms with Gasteiger partial charge in [0.25, 0.3) is 11.7 Å². The quantitative estimate of drug-likeness (QED) is 0.294. The van der Waals surface area contributed by atoms with Gasteiger partial charge in [-0.05, 0) is 55.8 Å². The van der Waals surface area contributed by atoms with Gasteiger partial charge in [0.2, 0.25) is 0 Å². The van der Waals surface area contributed by atoms with Crippen molar-refractivity contribution in [2.24, 2.45) is 0 Å². The maximum Gasteiger partial charge on any atom is 0.300 e. The number of Topliss-reactive ketones (excluding diaryl/α,β-unsaturated/α-hetero) is 1. The van der Waals surface area contributed by atoms with E-state index in [0.29, 0.717) is 35.1 Å². The summed E-state index contributed by atoms with van der Waals surface area (Å²) >= 11 is 0. The molecule has 0 aromatic heterocycles. The molecule has 0 radical (unpaired) electrons. The Hall–Kier alpha value is -4.26. The van der Waals surface area contributed by atoms with E-state index in [9.17, 15) is 14.7 Å². The van der Waals surface area contributed by atoms with Crippen LogP contribution in [0.4, 0.5) is 5.69 Å². The number of rotatable bonds is 7. The van der Waals surface area contributed by atoms with Gasteiger partial charge in [-0.1, -0.05) is 35.9 Å². The van der Waals surface area contributed by atoms with E-state index in [-0.39, 0.29) is 16.9 Å². The number of aliphatic hydroxyl groups is 1. The van der Waals surface area contributed by atoms with E-state index in [1.807, 2.05) is 26.0 Å². The van der Waals surface area contributed by atoms with Crippen LogP contribution in [0.5, 0.6) is 17.2 Å². The molecule has 1 fully saturated rings. The molecular formula is C28H27NO6. The van der Waals surface area contributed by atoms with Crippen LogP contribution in [0.3, 0.4) is 0 Å². The van der Waals surface area contributed by atoms with Gasteiger partial charge in [-0.2, -0.15) is 0 Å². The largest absolute Gasteiger partial charge is 0.506 e. The molecule has 7 nitrogen and oxygen atoms in total.